The maximum absolute atomic E-state index is 13.5. The topological polar surface area (TPSA) is 52.6 Å². The van der Waals surface area contributed by atoms with E-state index in [1.165, 1.54) is 0 Å². The number of hydrogen-bond donors (Lipinski definition) is 0. The molecule has 2 aliphatic carbocycles. The van der Waals surface area contributed by atoms with Crippen LogP contribution in [0.15, 0.2) is 12.2 Å². The standard InChI is InChI=1S/C21H34O4/c1-12(2)20(18(22)24-14(5)6)16-9-10-17(11-16)21(20,13(3)4)19(23)25-15(7)8/h9-10,12-17H,11H2,1-8H3. The van der Waals surface area contributed by atoms with E-state index >= 15 is 0 Å². The lowest BCUT2D eigenvalue weighted by Crippen LogP contribution is -2.61. The van der Waals surface area contributed by atoms with Crippen molar-refractivity contribution in [3.8, 4) is 0 Å². The van der Waals surface area contributed by atoms with E-state index in [0.717, 1.165) is 6.42 Å². The van der Waals surface area contributed by atoms with Crippen LogP contribution in [-0.4, -0.2) is 24.1 Å². The SMILES string of the molecule is CC(C)OC(=O)C1(C(C)C)C2C=CC(C2)C1(C(=O)OC(C)C)C(C)C. The zero-order valence-electron chi connectivity index (χ0n) is 17.0. The van der Waals surface area contributed by atoms with Gasteiger partial charge in [0, 0.05) is 0 Å². The van der Waals surface area contributed by atoms with Gasteiger partial charge in [-0.25, -0.2) is 0 Å². The monoisotopic (exact) mass is 350 g/mol. The van der Waals surface area contributed by atoms with Gasteiger partial charge in [-0.1, -0.05) is 39.8 Å². The van der Waals surface area contributed by atoms with Gasteiger partial charge in [0.25, 0.3) is 0 Å². The average Bonchev–Trinajstić information content (AvgIpc) is 3.02. The van der Waals surface area contributed by atoms with Crippen LogP contribution in [0.5, 0.6) is 0 Å². The molecule has 0 spiro atoms. The summed E-state index contributed by atoms with van der Waals surface area (Å²) in [6.45, 7) is 15.6. The Labute approximate surface area is 152 Å². The third-order valence-corrected chi connectivity index (χ3v) is 6.12. The molecular formula is C21H34O4. The van der Waals surface area contributed by atoms with Gasteiger partial charge in [-0.2, -0.15) is 0 Å². The number of carbonyl (C=O) groups is 2. The van der Waals surface area contributed by atoms with Gasteiger partial charge in [-0.15, -0.1) is 0 Å². The summed E-state index contributed by atoms with van der Waals surface area (Å²) < 4.78 is 11.5. The highest BCUT2D eigenvalue weighted by Gasteiger charge is 2.76. The number of esters is 2. The molecule has 4 atom stereocenters. The van der Waals surface area contributed by atoms with Gasteiger partial charge >= 0.3 is 11.9 Å². The Balaban J connectivity index is 2.70. The molecular weight excluding hydrogens is 316 g/mol. The minimum Gasteiger partial charge on any atom is -0.462 e. The Hall–Kier alpha value is -1.32. The molecule has 2 bridgehead atoms. The summed E-state index contributed by atoms with van der Waals surface area (Å²) >= 11 is 0. The van der Waals surface area contributed by atoms with Crippen molar-refractivity contribution in [2.24, 2.45) is 34.5 Å². The summed E-state index contributed by atoms with van der Waals surface area (Å²) in [6, 6.07) is 0. The summed E-state index contributed by atoms with van der Waals surface area (Å²) in [5.41, 5.74) is -1.76. The third-order valence-electron chi connectivity index (χ3n) is 6.12. The number of allylic oxidation sites excluding steroid dienone is 2. The van der Waals surface area contributed by atoms with Crippen LogP contribution in [0.3, 0.4) is 0 Å². The lowest BCUT2D eigenvalue weighted by Gasteiger charge is -2.52. The molecule has 0 aromatic heterocycles. The predicted molar refractivity (Wildman–Crippen MR) is 97.7 cm³/mol. The Morgan fingerprint density at radius 3 is 1.32 bits per heavy atom. The highest BCUT2D eigenvalue weighted by Crippen LogP contribution is 2.70. The molecule has 1 saturated carbocycles. The lowest BCUT2D eigenvalue weighted by molar-refractivity contribution is -0.199. The van der Waals surface area contributed by atoms with Gasteiger partial charge in [0.05, 0.1) is 23.0 Å². The summed E-state index contributed by atoms with van der Waals surface area (Å²) in [6.07, 6.45) is 4.64. The van der Waals surface area contributed by atoms with Crippen LogP contribution in [0.4, 0.5) is 0 Å². The minimum atomic E-state index is -0.878. The molecule has 4 unspecified atom stereocenters. The molecule has 25 heavy (non-hydrogen) atoms. The Bertz CT molecular complexity index is 512. The van der Waals surface area contributed by atoms with Crippen molar-refractivity contribution in [1.82, 2.24) is 0 Å². The van der Waals surface area contributed by atoms with Crippen LogP contribution < -0.4 is 0 Å². The van der Waals surface area contributed by atoms with Crippen molar-refractivity contribution in [3.05, 3.63) is 12.2 Å². The van der Waals surface area contributed by atoms with E-state index in [1.807, 2.05) is 55.4 Å². The van der Waals surface area contributed by atoms with Crippen molar-refractivity contribution in [1.29, 1.82) is 0 Å². The highest BCUT2D eigenvalue weighted by molar-refractivity contribution is 5.92. The summed E-state index contributed by atoms with van der Waals surface area (Å²) in [5, 5.41) is 0. The van der Waals surface area contributed by atoms with Crippen LogP contribution in [-0.2, 0) is 19.1 Å². The van der Waals surface area contributed by atoms with Crippen molar-refractivity contribution >= 4 is 11.9 Å². The van der Waals surface area contributed by atoms with Crippen LogP contribution in [0.2, 0.25) is 0 Å². The molecule has 0 aliphatic heterocycles. The molecule has 142 valence electrons. The zero-order chi connectivity index (χ0) is 19.2. The van der Waals surface area contributed by atoms with Gasteiger partial charge in [0.15, 0.2) is 0 Å². The van der Waals surface area contributed by atoms with E-state index < -0.39 is 10.8 Å². The normalized spacial score (nSPS) is 33.8. The maximum Gasteiger partial charge on any atom is 0.314 e. The van der Waals surface area contributed by atoms with Crippen LogP contribution in [0, 0.1) is 34.5 Å². The minimum absolute atomic E-state index is 0.0193. The average molecular weight is 350 g/mol. The molecule has 0 amide bonds. The molecule has 0 N–H and O–H groups in total. The second kappa shape index (κ2) is 6.77. The van der Waals surface area contributed by atoms with E-state index in [-0.39, 0.29) is 47.8 Å². The van der Waals surface area contributed by atoms with E-state index in [1.54, 1.807) is 0 Å². The number of fused-ring (bicyclic) bond motifs is 2. The molecule has 0 radical (unpaired) electrons. The Kier molecular flexibility index (Phi) is 5.42. The lowest BCUT2D eigenvalue weighted by atomic mass is 9.49. The first-order valence-corrected chi connectivity index (χ1v) is 9.63. The fourth-order valence-corrected chi connectivity index (χ4v) is 5.53. The summed E-state index contributed by atoms with van der Waals surface area (Å²) in [4.78, 5) is 26.9. The van der Waals surface area contributed by atoms with Crippen molar-refractivity contribution in [2.75, 3.05) is 0 Å². The fraction of sp³-hybridized carbons (Fsp3) is 0.810. The third kappa shape index (κ3) is 2.63. The number of carbonyl (C=O) groups excluding carboxylic acids is 2. The van der Waals surface area contributed by atoms with Gasteiger partial charge in [-0.3, -0.25) is 9.59 Å². The molecule has 0 heterocycles. The first kappa shape index (κ1) is 20.0. The van der Waals surface area contributed by atoms with Gasteiger partial charge in [-0.05, 0) is 57.8 Å². The molecule has 1 fully saturated rings. The van der Waals surface area contributed by atoms with Crippen LogP contribution in [0.1, 0.15) is 61.8 Å². The summed E-state index contributed by atoms with van der Waals surface area (Å²) in [5.74, 6) is -0.508. The predicted octanol–water partition coefficient (Wildman–Crippen LogP) is 4.38. The first-order valence-electron chi connectivity index (χ1n) is 9.63. The second-order valence-corrected chi connectivity index (χ2v) is 8.79. The fourth-order valence-electron chi connectivity index (χ4n) is 5.53. The van der Waals surface area contributed by atoms with E-state index in [4.69, 9.17) is 9.47 Å². The van der Waals surface area contributed by atoms with Crippen LogP contribution in [0.25, 0.3) is 0 Å². The van der Waals surface area contributed by atoms with Crippen molar-refractivity contribution in [2.45, 2.75) is 74.0 Å². The van der Waals surface area contributed by atoms with Crippen molar-refractivity contribution < 1.29 is 19.1 Å². The van der Waals surface area contributed by atoms with Crippen molar-refractivity contribution in [3.63, 3.8) is 0 Å². The van der Waals surface area contributed by atoms with E-state index in [9.17, 15) is 9.59 Å². The molecule has 0 aromatic carbocycles. The van der Waals surface area contributed by atoms with Gasteiger partial charge in [0.2, 0.25) is 0 Å². The Morgan fingerprint density at radius 2 is 1.08 bits per heavy atom. The molecule has 0 aromatic rings. The first-order chi connectivity index (χ1) is 11.5. The number of hydrogen-bond acceptors (Lipinski definition) is 4. The maximum atomic E-state index is 13.5. The largest absolute Gasteiger partial charge is 0.462 e. The number of ether oxygens (including phenoxy) is 2. The van der Waals surface area contributed by atoms with Gasteiger partial charge in [0.1, 0.15) is 0 Å². The van der Waals surface area contributed by atoms with E-state index in [2.05, 4.69) is 12.2 Å². The quantitative estimate of drug-likeness (QED) is 0.527. The van der Waals surface area contributed by atoms with Crippen LogP contribution >= 0.6 is 0 Å². The molecule has 2 rings (SSSR count). The highest BCUT2D eigenvalue weighted by atomic mass is 16.6. The molecule has 0 saturated heterocycles. The molecule has 4 heteroatoms. The second-order valence-electron chi connectivity index (χ2n) is 8.79. The molecule has 2 aliphatic rings. The number of rotatable bonds is 6. The smallest absolute Gasteiger partial charge is 0.314 e. The zero-order valence-corrected chi connectivity index (χ0v) is 17.0. The van der Waals surface area contributed by atoms with Gasteiger partial charge < -0.3 is 9.47 Å². The Morgan fingerprint density at radius 1 is 0.760 bits per heavy atom. The van der Waals surface area contributed by atoms with E-state index in [0.29, 0.717) is 0 Å². The molecule has 4 nitrogen and oxygen atoms in total. The summed E-state index contributed by atoms with van der Waals surface area (Å²) in [7, 11) is 0.